The van der Waals surface area contributed by atoms with Crippen molar-refractivity contribution in [3.8, 4) is 0 Å². The molecule has 8 heteroatoms. The molecule has 28 heavy (non-hydrogen) atoms. The van der Waals surface area contributed by atoms with Crippen molar-refractivity contribution >= 4 is 18.1 Å². The minimum atomic E-state index is -1.85. The molecule has 6 nitrogen and oxygen atoms in total. The van der Waals surface area contributed by atoms with E-state index >= 15 is 0 Å². The van der Waals surface area contributed by atoms with E-state index in [2.05, 4.69) is 40.2 Å². The molecule has 2 rings (SSSR count). The summed E-state index contributed by atoms with van der Waals surface area (Å²) in [4.78, 5) is 10.6. The van der Waals surface area contributed by atoms with Crippen molar-refractivity contribution in [3.05, 3.63) is 0 Å². The zero-order valence-corrected chi connectivity index (χ0v) is 21.7. The van der Waals surface area contributed by atoms with Crippen LogP contribution in [0.4, 0.5) is 0 Å². The van der Waals surface area contributed by atoms with Crippen LogP contribution in [0.25, 0.3) is 0 Å². The maximum absolute atomic E-state index is 5.60. The summed E-state index contributed by atoms with van der Waals surface area (Å²) in [6.45, 7) is 12.2. The van der Waals surface area contributed by atoms with Gasteiger partial charge in [0.1, 0.15) is 0 Å². The van der Waals surface area contributed by atoms with Crippen molar-refractivity contribution in [2.75, 3.05) is 80.7 Å². The Morgan fingerprint density at radius 2 is 1.21 bits per heavy atom. The van der Waals surface area contributed by atoms with Gasteiger partial charge < -0.3 is 18.7 Å². The molecule has 2 aliphatic rings. The summed E-state index contributed by atoms with van der Waals surface area (Å²) in [5.41, 5.74) is 0. The van der Waals surface area contributed by atoms with E-state index in [1.54, 1.807) is 14.2 Å². The molecule has 0 saturated carbocycles. The van der Waals surface area contributed by atoms with Crippen LogP contribution in [-0.4, -0.2) is 124 Å². The summed E-state index contributed by atoms with van der Waals surface area (Å²) in [6, 6.07) is 2.62. The van der Waals surface area contributed by atoms with Crippen LogP contribution in [0.5, 0.6) is 0 Å². The Labute approximate surface area is 177 Å². The first-order chi connectivity index (χ1) is 13.5. The molecule has 0 aromatic carbocycles. The van der Waals surface area contributed by atoms with E-state index in [1.165, 1.54) is 84.1 Å². The monoisotopic (exact) mass is 430 g/mol. The minimum Gasteiger partial charge on any atom is -0.398 e. The first kappa shape index (κ1) is 24.5. The van der Waals surface area contributed by atoms with E-state index in [0.29, 0.717) is 0 Å². The molecular formula is C20H46N4O2Si2. The number of unbranched alkanes of at least 4 members (excludes halogenated alkanes) is 3. The lowest BCUT2D eigenvalue weighted by atomic mass is 10.2. The van der Waals surface area contributed by atoms with Gasteiger partial charge in [0, 0.05) is 72.4 Å². The SMILES string of the molecule is CO[Si](C)(CCCCCC[SiH2]C(N1CCN(C)CC1)N1CCN(C)CC1)OC. The standard InChI is InChI=1S/C20H46N4O2Si2/c1-21-10-14-23(15-11-21)20(24-16-12-22(2)13-17-24)27-18-8-6-7-9-19-28(5,25-3)26-4/h20H,6-19,27H2,1-5H3. The zero-order valence-electron chi connectivity index (χ0n) is 19.3. The largest absolute Gasteiger partial charge is 0.398 e. The van der Waals surface area contributed by atoms with Crippen LogP contribution in [0, 0.1) is 0 Å². The van der Waals surface area contributed by atoms with Gasteiger partial charge in [-0.3, -0.25) is 9.80 Å². The normalized spacial score (nSPS) is 22.1. The molecule has 0 aliphatic carbocycles. The molecule has 0 aromatic rings. The molecule has 0 atom stereocenters. The lowest BCUT2D eigenvalue weighted by Crippen LogP contribution is -2.61. The second-order valence-electron chi connectivity index (χ2n) is 9.01. The molecule has 0 bridgehead atoms. The number of likely N-dealkylation sites (N-methyl/N-ethyl adjacent to an activating group) is 2. The lowest BCUT2D eigenvalue weighted by Gasteiger charge is -2.46. The molecule has 0 N–H and O–H groups in total. The fourth-order valence-electron chi connectivity index (χ4n) is 4.43. The summed E-state index contributed by atoms with van der Waals surface area (Å²) in [5, 5.41) is 0. The van der Waals surface area contributed by atoms with Gasteiger partial charge in [-0.2, -0.15) is 0 Å². The van der Waals surface area contributed by atoms with Gasteiger partial charge in [0.2, 0.25) is 0 Å². The fraction of sp³-hybridized carbons (Fsp3) is 1.00. The Balaban J connectivity index is 1.70. The van der Waals surface area contributed by atoms with Crippen molar-refractivity contribution in [2.24, 2.45) is 0 Å². The van der Waals surface area contributed by atoms with Gasteiger partial charge in [0.15, 0.2) is 0 Å². The number of hydrogen-bond donors (Lipinski definition) is 0. The van der Waals surface area contributed by atoms with Gasteiger partial charge >= 0.3 is 8.56 Å². The molecule has 2 saturated heterocycles. The van der Waals surface area contributed by atoms with Gasteiger partial charge in [-0.15, -0.1) is 0 Å². The van der Waals surface area contributed by atoms with Gasteiger partial charge in [-0.1, -0.05) is 31.7 Å². The second kappa shape index (κ2) is 12.8. The molecule has 0 unspecified atom stereocenters. The maximum Gasteiger partial charge on any atom is 0.334 e. The highest BCUT2D eigenvalue weighted by Crippen LogP contribution is 2.18. The molecule has 166 valence electrons. The molecule has 0 spiro atoms. The molecule has 2 heterocycles. The van der Waals surface area contributed by atoms with Crippen LogP contribution in [0.15, 0.2) is 0 Å². The summed E-state index contributed by atoms with van der Waals surface area (Å²) in [7, 11) is 6.19. The highest BCUT2D eigenvalue weighted by Gasteiger charge is 2.29. The molecule has 0 amide bonds. The summed E-state index contributed by atoms with van der Waals surface area (Å²) >= 11 is 0. The van der Waals surface area contributed by atoms with Crippen LogP contribution in [-0.2, 0) is 8.85 Å². The molecular weight excluding hydrogens is 384 g/mol. The van der Waals surface area contributed by atoms with Crippen LogP contribution >= 0.6 is 0 Å². The van der Waals surface area contributed by atoms with Crippen molar-refractivity contribution < 1.29 is 8.85 Å². The first-order valence-corrected chi connectivity index (χ1v) is 15.8. The van der Waals surface area contributed by atoms with Gasteiger partial charge in [0.25, 0.3) is 0 Å². The van der Waals surface area contributed by atoms with Crippen molar-refractivity contribution in [2.45, 2.75) is 50.1 Å². The summed E-state index contributed by atoms with van der Waals surface area (Å²) in [6.07, 6.45) is 5.38. The number of nitrogens with zero attached hydrogens (tertiary/aromatic N) is 4. The first-order valence-electron chi connectivity index (χ1n) is 11.4. The molecule has 2 aliphatic heterocycles. The second-order valence-corrected chi connectivity index (χ2v) is 14.6. The van der Waals surface area contributed by atoms with E-state index in [-0.39, 0.29) is 9.52 Å². The Morgan fingerprint density at radius 1 is 0.750 bits per heavy atom. The van der Waals surface area contributed by atoms with E-state index in [4.69, 9.17) is 8.85 Å². The quantitative estimate of drug-likeness (QED) is 0.342. The number of rotatable bonds is 12. The van der Waals surface area contributed by atoms with Crippen molar-refractivity contribution in [1.29, 1.82) is 0 Å². The van der Waals surface area contributed by atoms with Gasteiger partial charge in [0.05, 0.1) is 9.52 Å². The van der Waals surface area contributed by atoms with E-state index in [9.17, 15) is 0 Å². The predicted molar refractivity (Wildman–Crippen MR) is 124 cm³/mol. The third-order valence-electron chi connectivity index (χ3n) is 6.88. The third-order valence-corrected chi connectivity index (χ3v) is 12.3. The Bertz CT molecular complexity index is 391. The predicted octanol–water partition coefficient (Wildman–Crippen LogP) is 1.28. The summed E-state index contributed by atoms with van der Waals surface area (Å²) in [5.74, 6) is 0.792. The highest BCUT2D eigenvalue weighted by molar-refractivity contribution is 6.65. The summed E-state index contributed by atoms with van der Waals surface area (Å²) < 4.78 is 11.2. The van der Waals surface area contributed by atoms with Crippen LogP contribution in [0.3, 0.4) is 0 Å². The van der Waals surface area contributed by atoms with E-state index < -0.39 is 8.56 Å². The third kappa shape index (κ3) is 8.14. The number of piperazine rings is 2. The van der Waals surface area contributed by atoms with E-state index in [1.807, 2.05) is 0 Å². The van der Waals surface area contributed by atoms with Crippen molar-refractivity contribution in [3.63, 3.8) is 0 Å². The zero-order chi connectivity index (χ0) is 20.4. The highest BCUT2D eigenvalue weighted by atomic mass is 28.4. The lowest BCUT2D eigenvalue weighted by molar-refractivity contribution is 0.0311. The average molecular weight is 431 g/mol. The number of hydrogen-bond acceptors (Lipinski definition) is 6. The van der Waals surface area contributed by atoms with Crippen LogP contribution in [0.1, 0.15) is 25.7 Å². The Hall–Kier alpha value is 0.194. The smallest absolute Gasteiger partial charge is 0.334 e. The van der Waals surface area contributed by atoms with Crippen LogP contribution in [0.2, 0.25) is 18.6 Å². The Kier molecular flexibility index (Phi) is 11.2. The van der Waals surface area contributed by atoms with Gasteiger partial charge in [-0.25, -0.2) is 0 Å². The van der Waals surface area contributed by atoms with Gasteiger partial charge in [-0.05, 0) is 26.7 Å². The Morgan fingerprint density at radius 3 is 1.68 bits per heavy atom. The maximum atomic E-state index is 5.60. The fourth-order valence-corrected chi connectivity index (χ4v) is 8.36. The van der Waals surface area contributed by atoms with Crippen LogP contribution < -0.4 is 0 Å². The topological polar surface area (TPSA) is 31.4 Å². The molecule has 2 fully saturated rings. The van der Waals surface area contributed by atoms with Crippen molar-refractivity contribution in [1.82, 2.24) is 19.6 Å². The molecule has 0 radical (unpaired) electrons. The van der Waals surface area contributed by atoms with E-state index in [0.717, 1.165) is 11.8 Å². The minimum absolute atomic E-state index is 0.0945. The average Bonchev–Trinajstić information content (AvgIpc) is 2.72. The molecule has 0 aromatic heterocycles.